The highest BCUT2D eigenvalue weighted by Gasteiger charge is 2.27. The summed E-state index contributed by atoms with van der Waals surface area (Å²) in [5, 5.41) is 68.1. The van der Waals surface area contributed by atoms with Crippen LogP contribution < -0.4 is 16.2 Å². The topological polar surface area (TPSA) is 442 Å². The molecule has 0 spiro atoms. The number of nitrogens with one attached hydrogen (secondary N) is 1. The number of sulfone groups is 1. The second-order valence-electron chi connectivity index (χ2n) is 13.5. The Bertz CT molecular complexity index is 3500. The van der Waals surface area contributed by atoms with Gasteiger partial charge in [0.05, 0.1) is 61.5 Å². The summed E-state index contributed by atoms with van der Waals surface area (Å²) in [6.45, 7) is -0.549. The molecule has 6 aromatic carbocycles. The zero-order valence-corrected chi connectivity index (χ0v) is 39.3. The Labute approximate surface area is 403 Å². The van der Waals surface area contributed by atoms with Gasteiger partial charge in [0.15, 0.2) is 27.9 Å². The van der Waals surface area contributed by atoms with E-state index in [1.807, 2.05) is 0 Å². The van der Waals surface area contributed by atoms with Crippen LogP contribution in [0.15, 0.2) is 152 Å². The summed E-state index contributed by atoms with van der Waals surface area (Å²) in [4.78, 5) is -3.26. The van der Waals surface area contributed by atoms with Crippen molar-refractivity contribution >= 4 is 126 Å². The minimum Gasteiger partial charge on any atom is -0.506 e. The second-order valence-corrected chi connectivity index (χ2v) is 21.3. The maximum absolute atomic E-state index is 13.2. The number of aromatic hydroxyl groups is 2. The number of nitrogens with zero attached hydrogens (tertiary/aromatic N) is 6. The average Bonchev–Trinajstić information content (AvgIpc) is 3.29. The Balaban J connectivity index is 1.30. The predicted octanol–water partition coefficient (Wildman–Crippen LogP) is 8.16. The van der Waals surface area contributed by atoms with E-state index >= 15 is 0 Å². The molecule has 0 fully saturated rings. The van der Waals surface area contributed by atoms with E-state index in [9.17, 15) is 53.0 Å². The molecule has 11 N–H and O–H groups in total. The van der Waals surface area contributed by atoms with E-state index in [0.29, 0.717) is 17.4 Å². The number of phenolic OH excluding ortho intramolecular Hbond substituents is 2. The highest BCUT2D eigenvalue weighted by Crippen LogP contribution is 2.50. The maximum atomic E-state index is 13.2. The maximum Gasteiger partial charge on any atom is 0.296 e. The van der Waals surface area contributed by atoms with Gasteiger partial charge in [0.1, 0.15) is 38.3 Å². The first-order valence-electron chi connectivity index (χ1n) is 18.4. The van der Waals surface area contributed by atoms with Gasteiger partial charge < -0.3 is 21.7 Å². The van der Waals surface area contributed by atoms with E-state index in [-0.39, 0.29) is 62.4 Å². The van der Waals surface area contributed by atoms with Crippen molar-refractivity contribution < 1.29 is 86.4 Å². The number of hydrogen-bond donors (Lipinski definition) is 9. The van der Waals surface area contributed by atoms with Crippen LogP contribution in [0.25, 0.3) is 10.8 Å². The van der Waals surface area contributed by atoms with Crippen LogP contribution in [0.1, 0.15) is 0 Å². The molecule has 70 heavy (non-hydrogen) atoms. The number of anilines is 3. The van der Waals surface area contributed by atoms with Gasteiger partial charge in [0.25, 0.3) is 30.3 Å². The summed E-state index contributed by atoms with van der Waals surface area (Å²) < 4.78 is 138. The summed E-state index contributed by atoms with van der Waals surface area (Å²) in [6, 6.07) is 18.7. The molecular weight excluding hydrogens is 1050 g/mol. The molecule has 28 nitrogen and oxygen atoms in total. The number of fused-ring (bicyclic) bond motifs is 1. The van der Waals surface area contributed by atoms with Gasteiger partial charge in [-0.15, -0.1) is 29.1 Å². The van der Waals surface area contributed by atoms with E-state index < -0.39 is 101 Å². The first-order chi connectivity index (χ1) is 33.0. The average molecular weight is 1090 g/mol. The minimum atomic E-state index is -5.25. The highest BCUT2D eigenvalue weighted by atomic mass is 32.2. The van der Waals surface area contributed by atoms with Crippen LogP contribution >= 0.6 is 24.4 Å². The van der Waals surface area contributed by atoms with E-state index in [0.717, 1.165) is 36.4 Å². The molecular formula is C36H31N9O19S6. The molecule has 0 atom stereocenters. The predicted molar refractivity (Wildman–Crippen MR) is 246 cm³/mol. The van der Waals surface area contributed by atoms with E-state index in [1.165, 1.54) is 54.6 Å². The largest absolute Gasteiger partial charge is 0.506 e. The molecule has 0 aliphatic heterocycles. The summed E-state index contributed by atoms with van der Waals surface area (Å²) >= 11 is 0.221. The molecule has 0 heterocycles. The molecule has 0 radical (unpaired) electrons. The van der Waals surface area contributed by atoms with Gasteiger partial charge in [0, 0.05) is 17.4 Å². The number of hydrogen-bond acceptors (Lipinski definition) is 27. The van der Waals surface area contributed by atoms with Crippen molar-refractivity contribution in [3.8, 4) is 11.5 Å². The number of phenols is 2. The summed E-state index contributed by atoms with van der Waals surface area (Å²) in [5.41, 5.74) is 10.1. The molecule has 0 bridgehead atoms. The van der Waals surface area contributed by atoms with Crippen LogP contribution in [-0.4, -0.2) is 75.9 Å². The Hall–Kier alpha value is -6.48. The van der Waals surface area contributed by atoms with Gasteiger partial charge >= 0.3 is 0 Å². The Morgan fingerprint density at radius 2 is 1.20 bits per heavy atom. The summed E-state index contributed by atoms with van der Waals surface area (Å²) in [5.74, 6) is -1.89. The van der Waals surface area contributed by atoms with Crippen LogP contribution in [0.2, 0.25) is 0 Å². The SMILES string of the molecule is Nc1ccc(N=Nc2ccc(NS(=O)(=O)c3ccc(N=Nc4c(S(=O)(=O)O)cc5cc(SOOO)c(N=Nc6ccc(S(=O)(=O)CCOSOOO)cc6S(=O)(=O)O)c(O)c5c4N)cc3)cc2)c(O)c1. The quantitative estimate of drug-likeness (QED) is 0.00624. The van der Waals surface area contributed by atoms with E-state index in [1.54, 1.807) is 0 Å². The standard InChI is InChI=1S/C36H31N9O19S6/c37-20-1-11-26(28(46)17-20)41-39-21-2-4-23(5-3-21)45-68(52,53)24-8-6-22(7-9-24)40-44-35-31(70(57,58)59)16-19-15-29(65-63-61-48)34(36(47)32(19)33(35)38)43-42-27-12-10-25(18-30(27)69(54,55)56)67(50,51)14-13-60-66-64-62-49/h1-12,15-18,45-49H,13-14,37-38H2,(H,54,55,56)(H,57,58,59). The number of nitrogens with two attached hydrogens (primary N) is 2. The lowest BCUT2D eigenvalue weighted by Crippen LogP contribution is -2.12. The lowest BCUT2D eigenvalue weighted by atomic mass is 10.1. The van der Waals surface area contributed by atoms with Crippen LogP contribution in [-0.2, 0) is 63.0 Å². The van der Waals surface area contributed by atoms with Crippen LogP contribution in [0.4, 0.5) is 51.2 Å². The molecule has 6 aromatic rings. The number of sulfonamides is 1. The Morgan fingerprint density at radius 1 is 0.614 bits per heavy atom. The Kier molecular flexibility index (Phi) is 16.7. The van der Waals surface area contributed by atoms with Crippen molar-refractivity contribution in [1.82, 2.24) is 0 Å². The van der Waals surface area contributed by atoms with Crippen molar-refractivity contribution in [2.45, 2.75) is 24.5 Å². The molecule has 0 unspecified atom stereocenters. The van der Waals surface area contributed by atoms with Gasteiger partial charge in [-0.1, -0.05) is 10.1 Å². The van der Waals surface area contributed by atoms with Crippen molar-refractivity contribution in [1.29, 1.82) is 0 Å². The van der Waals surface area contributed by atoms with Crippen molar-refractivity contribution in [2.75, 3.05) is 28.5 Å². The van der Waals surface area contributed by atoms with Crippen LogP contribution in [0, 0.1) is 0 Å². The number of azo groups is 3. The zero-order chi connectivity index (χ0) is 51.0. The Morgan fingerprint density at radius 3 is 1.83 bits per heavy atom. The normalized spacial score (nSPS) is 12.7. The van der Waals surface area contributed by atoms with Gasteiger partial charge in [-0.05, 0) is 96.4 Å². The van der Waals surface area contributed by atoms with E-state index in [4.69, 9.17) is 26.2 Å². The molecule has 0 saturated heterocycles. The second kappa shape index (κ2) is 22.1. The highest BCUT2D eigenvalue weighted by molar-refractivity contribution is 7.94. The number of rotatable bonds is 21. The third-order valence-corrected chi connectivity index (χ3v) is 14.7. The molecule has 0 amide bonds. The van der Waals surface area contributed by atoms with Gasteiger partial charge in [-0.2, -0.15) is 27.1 Å². The fourth-order valence-corrected chi connectivity index (χ4v) is 10.2. The third kappa shape index (κ3) is 13.0. The van der Waals surface area contributed by atoms with E-state index in [2.05, 4.69) is 54.2 Å². The molecule has 6 rings (SSSR count). The molecule has 0 saturated carbocycles. The molecule has 0 aliphatic carbocycles. The lowest BCUT2D eigenvalue weighted by molar-refractivity contribution is -0.434. The molecule has 0 aromatic heterocycles. The van der Waals surface area contributed by atoms with Crippen LogP contribution in [0.5, 0.6) is 11.5 Å². The fraction of sp³-hybridized carbons (Fsp3) is 0.0556. The van der Waals surface area contributed by atoms with Gasteiger partial charge in [-0.25, -0.2) is 27.4 Å². The third-order valence-electron chi connectivity index (χ3n) is 8.92. The number of benzene rings is 6. The monoisotopic (exact) mass is 1090 g/mol. The van der Waals surface area contributed by atoms with Gasteiger partial charge in [0.2, 0.25) is 0 Å². The first kappa shape index (κ1) is 52.9. The smallest absolute Gasteiger partial charge is 0.296 e. The lowest BCUT2D eigenvalue weighted by Gasteiger charge is -2.14. The van der Waals surface area contributed by atoms with Crippen molar-refractivity contribution in [3.05, 3.63) is 97.1 Å². The van der Waals surface area contributed by atoms with Gasteiger partial charge in [-0.3, -0.25) is 18.0 Å². The fourth-order valence-electron chi connectivity index (χ4n) is 5.78. The summed E-state index contributed by atoms with van der Waals surface area (Å²) in [6.07, 6.45) is 0. The first-order valence-corrected chi connectivity index (χ1v) is 25.9. The number of nitrogen functional groups attached to an aromatic ring is 2. The molecule has 370 valence electrons. The minimum absolute atomic E-state index is 0.0725. The zero-order valence-electron chi connectivity index (χ0n) is 34.4. The molecule has 0 aliphatic rings. The van der Waals surface area contributed by atoms with Crippen molar-refractivity contribution in [3.63, 3.8) is 0 Å². The molecule has 34 heteroatoms. The van der Waals surface area contributed by atoms with Crippen LogP contribution in [0.3, 0.4) is 0 Å². The van der Waals surface area contributed by atoms with Crippen molar-refractivity contribution in [2.24, 2.45) is 30.7 Å². The summed E-state index contributed by atoms with van der Waals surface area (Å²) in [7, 11) is -19.0.